The Labute approximate surface area is 108 Å². The SMILES string of the molecule is CC(=O)NC(CS)C(=O)NCCN1CCCC1. The van der Waals surface area contributed by atoms with Crippen molar-refractivity contribution in [1.82, 2.24) is 15.5 Å². The molecule has 0 aromatic rings. The van der Waals surface area contributed by atoms with E-state index in [0.29, 0.717) is 12.3 Å². The van der Waals surface area contributed by atoms with E-state index in [1.165, 1.54) is 19.8 Å². The number of hydrogen-bond donors (Lipinski definition) is 3. The average molecular weight is 259 g/mol. The lowest BCUT2D eigenvalue weighted by Crippen LogP contribution is -2.48. The van der Waals surface area contributed by atoms with Gasteiger partial charge in [0, 0.05) is 25.8 Å². The number of carbonyl (C=O) groups is 2. The Bertz CT molecular complexity index is 267. The molecule has 1 unspecified atom stereocenters. The van der Waals surface area contributed by atoms with E-state index < -0.39 is 6.04 Å². The molecule has 1 rings (SSSR count). The van der Waals surface area contributed by atoms with E-state index in [0.717, 1.165) is 19.6 Å². The first-order valence-corrected chi connectivity index (χ1v) is 6.64. The van der Waals surface area contributed by atoms with Crippen LogP contribution >= 0.6 is 12.6 Å². The summed E-state index contributed by atoms with van der Waals surface area (Å²) in [6.45, 7) is 5.15. The van der Waals surface area contributed by atoms with Crippen LogP contribution in [0, 0.1) is 0 Å². The van der Waals surface area contributed by atoms with Crippen LogP contribution in [0.2, 0.25) is 0 Å². The van der Waals surface area contributed by atoms with E-state index >= 15 is 0 Å². The van der Waals surface area contributed by atoms with Gasteiger partial charge in [0.2, 0.25) is 11.8 Å². The van der Waals surface area contributed by atoms with E-state index in [1.807, 2.05) is 0 Å². The Morgan fingerprint density at radius 1 is 1.35 bits per heavy atom. The molecule has 0 saturated carbocycles. The maximum Gasteiger partial charge on any atom is 0.243 e. The van der Waals surface area contributed by atoms with E-state index in [1.54, 1.807) is 0 Å². The number of hydrogen-bond acceptors (Lipinski definition) is 4. The van der Waals surface area contributed by atoms with Crippen molar-refractivity contribution in [2.75, 3.05) is 31.9 Å². The van der Waals surface area contributed by atoms with Crippen molar-refractivity contribution in [3.63, 3.8) is 0 Å². The number of nitrogens with zero attached hydrogens (tertiary/aromatic N) is 1. The van der Waals surface area contributed by atoms with Crippen molar-refractivity contribution in [2.45, 2.75) is 25.8 Å². The average Bonchev–Trinajstić information content (AvgIpc) is 2.78. The van der Waals surface area contributed by atoms with Gasteiger partial charge in [0.15, 0.2) is 0 Å². The van der Waals surface area contributed by atoms with Crippen LogP contribution in [0.5, 0.6) is 0 Å². The largest absolute Gasteiger partial charge is 0.353 e. The van der Waals surface area contributed by atoms with Crippen LogP contribution in [0.4, 0.5) is 0 Å². The lowest BCUT2D eigenvalue weighted by Gasteiger charge is -2.18. The summed E-state index contributed by atoms with van der Waals surface area (Å²) in [7, 11) is 0. The molecule has 1 saturated heterocycles. The molecule has 0 aromatic heterocycles. The highest BCUT2D eigenvalue weighted by atomic mass is 32.1. The molecule has 2 N–H and O–H groups in total. The minimum atomic E-state index is -0.533. The highest BCUT2D eigenvalue weighted by molar-refractivity contribution is 7.80. The second-order valence-electron chi connectivity index (χ2n) is 4.28. The Balaban J connectivity index is 2.19. The van der Waals surface area contributed by atoms with Gasteiger partial charge in [-0.1, -0.05) is 0 Å². The first-order chi connectivity index (χ1) is 8.13. The molecule has 0 spiro atoms. The van der Waals surface area contributed by atoms with Gasteiger partial charge >= 0.3 is 0 Å². The summed E-state index contributed by atoms with van der Waals surface area (Å²) in [5.74, 6) is -0.0529. The lowest BCUT2D eigenvalue weighted by atomic mass is 10.3. The molecule has 1 fully saturated rings. The number of amides is 2. The highest BCUT2D eigenvalue weighted by Crippen LogP contribution is 2.05. The van der Waals surface area contributed by atoms with Crippen molar-refractivity contribution in [3.8, 4) is 0 Å². The third kappa shape index (κ3) is 5.41. The number of thiol groups is 1. The zero-order valence-corrected chi connectivity index (χ0v) is 11.1. The van der Waals surface area contributed by atoms with Crippen LogP contribution in [-0.2, 0) is 9.59 Å². The Kier molecular flexibility index (Phi) is 6.36. The second kappa shape index (κ2) is 7.55. The van der Waals surface area contributed by atoms with Gasteiger partial charge < -0.3 is 15.5 Å². The van der Waals surface area contributed by atoms with Gasteiger partial charge in [-0.3, -0.25) is 9.59 Å². The molecule has 1 aliphatic rings. The zero-order valence-electron chi connectivity index (χ0n) is 10.2. The summed E-state index contributed by atoms with van der Waals surface area (Å²) in [4.78, 5) is 24.9. The minimum Gasteiger partial charge on any atom is -0.353 e. The topological polar surface area (TPSA) is 61.4 Å². The summed E-state index contributed by atoms with van der Waals surface area (Å²) < 4.78 is 0. The summed E-state index contributed by atoms with van der Waals surface area (Å²) in [6.07, 6.45) is 2.50. The number of nitrogens with one attached hydrogen (secondary N) is 2. The first-order valence-electron chi connectivity index (χ1n) is 6.01. The van der Waals surface area contributed by atoms with Crippen LogP contribution in [0.25, 0.3) is 0 Å². The summed E-state index contributed by atoms with van der Waals surface area (Å²) in [5, 5.41) is 5.39. The molecule has 1 aliphatic heterocycles. The lowest BCUT2D eigenvalue weighted by molar-refractivity contribution is -0.127. The third-order valence-electron chi connectivity index (χ3n) is 2.80. The smallest absolute Gasteiger partial charge is 0.243 e. The monoisotopic (exact) mass is 259 g/mol. The molecule has 6 heteroatoms. The number of carbonyl (C=O) groups excluding carboxylic acids is 2. The standard InChI is InChI=1S/C11H21N3O2S/c1-9(15)13-10(8-17)11(16)12-4-7-14-5-2-3-6-14/h10,17H,2-8H2,1H3,(H,12,16)(H,13,15). The van der Waals surface area contributed by atoms with Crippen LogP contribution in [0.1, 0.15) is 19.8 Å². The Morgan fingerprint density at radius 2 is 2.00 bits per heavy atom. The molecule has 17 heavy (non-hydrogen) atoms. The minimum absolute atomic E-state index is 0.158. The van der Waals surface area contributed by atoms with Crippen LogP contribution in [0.15, 0.2) is 0 Å². The van der Waals surface area contributed by atoms with Crippen LogP contribution < -0.4 is 10.6 Å². The molecule has 2 amide bonds. The maximum absolute atomic E-state index is 11.7. The summed E-state index contributed by atoms with van der Waals surface area (Å²) in [6, 6.07) is -0.533. The van der Waals surface area contributed by atoms with Gasteiger partial charge in [0.05, 0.1) is 0 Å². The van der Waals surface area contributed by atoms with Gasteiger partial charge in [-0.15, -0.1) is 0 Å². The van der Waals surface area contributed by atoms with Gasteiger partial charge in [0.1, 0.15) is 6.04 Å². The molecule has 1 heterocycles. The molecule has 0 aromatic carbocycles. The quantitative estimate of drug-likeness (QED) is 0.571. The number of rotatable bonds is 6. The Hall–Kier alpha value is -0.750. The molecular formula is C11H21N3O2S. The number of likely N-dealkylation sites (tertiary alicyclic amines) is 1. The summed E-state index contributed by atoms with van der Waals surface area (Å²) >= 11 is 4.05. The summed E-state index contributed by atoms with van der Waals surface area (Å²) in [5.41, 5.74) is 0. The molecule has 0 bridgehead atoms. The van der Waals surface area contributed by atoms with Crippen molar-refractivity contribution in [2.24, 2.45) is 0 Å². The van der Waals surface area contributed by atoms with Crippen LogP contribution in [0.3, 0.4) is 0 Å². The fourth-order valence-electron chi connectivity index (χ4n) is 1.91. The van der Waals surface area contributed by atoms with Gasteiger partial charge in [-0.2, -0.15) is 12.6 Å². The molecular weight excluding hydrogens is 238 g/mol. The van der Waals surface area contributed by atoms with E-state index in [-0.39, 0.29) is 11.8 Å². The predicted molar refractivity (Wildman–Crippen MR) is 70.1 cm³/mol. The van der Waals surface area contributed by atoms with E-state index in [4.69, 9.17) is 0 Å². The van der Waals surface area contributed by atoms with Gasteiger partial charge in [0.25, 0.3) is 0 Å². The maximum atomic E-state index is 11.7. The normalized spacial score (nSPS) is 17.8. The second-order valence-corrected chi connectivity index (χ2v) is 4.64. The molecule has 0 radical (unpaired) electrons. The first kappa shape index (κ1) is 14.3. The van der Waals surface area contributed by atoms with Crippen molar-refractivity contribution in [1.29, 1.82) is 0 Å². The van der Waals surface area contributed by atoms with Crippen molar-refractivity contribution < 1.29 is 9.59 Å². The third-order valence-corrected chi connectivity index (χ3v) is 3.17. The molecule has 1 atom stereocenters. The molecule has 0 aliphatic carbocycles. The Morgan fingerprint density at radius 3 is 2.53 bits per heavy atom. The van der Waals surface area contributed by atoms with Gasteiger partial charge in [-0.25, -0.2) is 0 Å². The fourth-order valence-corrected chi connectivity index (χ4v) is 2.16. The molecule has 98 valence electrons. The van der Waals surface area contributed by atoms with Crippen molar-refractivity contribution in [3.05, 3.63) is 0 Å². The van der Waals surface area contributed by atoms with Crippen molar-refractivity contribution >= 4 is 24.4 Å². The highest BCUT2D eigenvalue weighted by Gasteiger charge is 2.17. The zero-order chi connectivity index (χ0) is 12.7. The fraction of sp³-hybridized carbons (Fsp3) is 0.818. The predicted octanol–water partition coefficient (Wildman–Crippen LogP) is -0.367. The van der Waals surface area contributed by atoms with Crippen LogP contribution in [-0.4, -0.2) is 54.7 Å². The molecule has 5 nitrogen and oxygen atoms in total. The van der Waals surface area contributed by atoms with E-state index in [9.17, 15) is 9.59 Å². The van der Waals surface area contributed by atoms with Gasteiger partial charge in [-0.05, 0) is 25.9 Å². The van der Waals surface area contributed by atoms with E-state index in [2.05, 4.69) is 28.2 Å².